The summed E-state index contributed by atoms with van der Waals surface area (Å²) in [5, 5.41) is 12.3. The van der Waals surface area contributed by atoms with Crippen LogP contribution in [0.4, 0.5) is 22.7 Å². The van der Waals surface area contributed by atoms with E-state index in [2.05, 4.69) is 21.0 Å². The molecule has 1 aliphatic heterocycles. The highest BCUT2D eigenvalue weighted by atomic mass is 16.2. The largest absolute Gasteiger partial charge is 0.326 e. The van der Waals surface area contributed by atoms with Gasteiger partial charge in [0.05, 0.1) is 11.4 Å². The summed E-state index contributed by atoms with van der Waals surface area (Å²) in [6.45, 7) is 1.64. The minimum atomic E-state index is -0.499. The van der Waals surface area contributed by atoms with Crippen LogP contribution in [-0.2, 0) is 19.2 Å². The van der Waals surface area contributed by atoms with Crippen LogP contribution in [0, 0.1) is 0 Å². The van der Waals surface area contributed by atoms with Gasteiger partial charge in [-0.25, -0.2) is 0 Å². The van der Waals surface area contributed by atoms with Crippen LogP contribution in [0.1, 0.15) is 25.8 Å². The van der Waals surface area contributed by atoms with Crippen molar-refractivity contribution in [3.63, 3.8) is 0 Å². The lowest BCUT2D eigenvalue weighted by Gasteiger charge is -2.29. The van der Waals surface area contributed by atoms with Crippen LogP contribution in [0.5, 0.6) is 0 Å². The number of nitrogens with one attached hydrogen (secondary N) is 3. The number of rotatable bonds is 7. The van der Waals surface area contributed by atoms with Gasteiger partial charge in [0.15, 0.2) is 0 Å². The van der Waals surface area contributed by atoms with E-state index in [-0.39, 0.29) is 43.0 Å². The van der Waals surface area contributed by atoms with Gasteiger partial charge < -0.3 is 20.9 Å². The molecule has 2 aromatic carbocycles. The van der Waals surface area contributed by atoms with Crippen LogP contribution < -0.4 is 20.9 Å². The Morgan fingerprint density at radius 3 is 2.56 bits per heavy atom. The Labute approximate surface area is 195 Å². The van der Waals surface area contributed by atoms with Crippen LogP contribution in [0.3, 0.4) is 0 Å². The van der Waals surface area contributed by atoms with Crippen LogP contribution >= 0.6 is 0 Å². The van der Waals surface area contributed by atoms with Crippen molar-refractivity contribution in [1.29, 1.82) is 0 Å². The number of para-hydroxylation sites is 2. The van der Waals surface area contributed by atoms with Gasteiger partial charge in [0, 0.05) is 36.6 Å². The van der Waals surface area contributed by atoms with Crippen molar-refractivity contribution in [2.24, 2.45) is 0 Å². The zero-order valence-electron chi connectivity index (χ0n) is 18.5. The van der Waals surface area contributed by atoms with Crippen LogP contribution in [0.2, 0.25) is 0 Å². The van der Waals surface area contributed by atoms with Crippen molar-refractivity contribution in [2.45, 2.75) is 25.8 Å². The monoisotopic (exact) mass is 460 g/mol. The average Bonchev–Trinajstić information content (AvgIpc) is 3.36. The van der Waals surface area contributed by atoms with E-state index in [0.29, 0.717) is 22.7 Å². The van der Waals surface area contributed by atoms with Gasteiger partial charge in [-0.2, -0.15) is 5.10 Å². The van der Waals surface area contributed by atoms with E-state index in [9.17, 15) is 19.2 Å². The molecule has 1 aromatic heterocycles. The maximum atomic E-state index is 12.7. The predicted octanol–water partition coefficient (Wildman–Crippen LogP) is 2.79. The van der Waals surface area contributed by atoms with E-state index in [1.807, 2.05) is 0 Å². The number of carbonyl (C=O) groups is 4. The predicted molar refractivity (Wildman–Crippen MR) is 127 cm³/mol. The normalized spacial score (nSPS) is 13.4. The van der Waals surface area contributed by atoms with Gasteiger partial charge in [-0.15, -0.1) is 0 Å². The summed E-state index contributed by atoms with van der Waals surface area (Å²) in [5.74, 6) is -1.19. The Kier molecular flexibility index (Phi) is 6.67. The molecule has 3 aromatic rings. The highest BCUT2D eigenvalue weighted by Crippen LogP contribution is 2.29. The number of aromatic nitrogens is 2. The van der Waals surface area contributed by atoms with E-state index in [1.165, 1.54) is 4.90 Å². The molecule has 1 aliphatic rings. The summed E-state index contributed by atoms with van der Waals surface area (Å²) in [5.41, 5.74) is 2.19. The number of nitrogens with zero attached hydrogens (tertiary/aromatic N) is 3. The maximum Gasteiger partial charge on any atom is 0.248 e. The Bertz CT molecular complexity index is 1220. The first kappa shape index (κ1) is 22.7. The van der Waals surface area contributed by atoms with Gasteiger partial charge in [0.25, 0.3) is 0 Å². The molecule has 0 aliphatic carbocycles. The summed E-state index contributed by atoms with van der Waals surface area (Å²) in [6, 6.07) is 15.0. The highest BCUT2D eigenvalue weighted by molar-refractivity contribution is 6.10. The maximum absolute atomic E-state index is 12.7. The molecule has 0 spiro atoms. The molecule has 0 bridgehead atoms. The second kappa shape index (κ2) is 9.99. The molecule has 174 valence electrons. The summed E-state index contributed by atoms with van der Waals surface area (Å²) in [6.07, 6.45) is 3.21. The molecule has 0 fully saturated rings. The number of fused-ring (bicyclic) bond motifs is 1. The molecular weight excluding hydrogens is 436 g/mol. The van der Waals surface area contributed by atoms with Gasteiger partial charge >= 0.3 is 0 Å². The van der Waals surface area contributed by atoms with Gasteiger partial charge in [0.2, 0.25) is 23.6 Å². The minimum Gasteiger partial charge on any atom is -0.326 e. The van der Waals surface area contributed by atoms with E-state index >= 15 is 0 Å². The molecular formula is C24H24N6O4. The Balaban J connectivity index is 1.32. The van der Waals surface area contributed by atoms with Crippen molar-refractivity contribution in [3.05, 3.63) is 67.0 Å². The SMILES string of the molecule is CC(C(=O)Nc1cccc(NC(=O)CCC(=O)N2CC(=O)Nc3ccccc32)c1)n1cccn1. The van der Waals surface area contributed by atoms with E-state index in [4.69, 9.17) is 0 Å². The standard InChI is InChI=1S/C24H24N6O4/c1-16(30-13-5-12-25-30)24(34)27-18-7-4-6-17(14-18)26-21(31)10-11-23(33)29-15-22(32)28-19-8-2-3-9-20(19)29/h2-9,12-14,16H,10-11,15H2,1H3,(H,26,31)(H,27,34)(H,28,32). The fraction of sp³-hybridized carbons (Fsp3) is 0.208. The number of carbonyl (C=O) groups excluding carboxylic acids is 4. The first-order valence-corrected chi connectivity index (χ1v) is 10.8. The molecule has 3 N–H and O–H groups in total. The van der Waals surface area contributed by atoms with Gasteiger partial charge in [-0.1, -0.05) is 18.2 Å². The molecule has 10 heteroatoms. The number of hydrogen-bond donors (Lipinski definition) is 3. The Morgan fingerprint density at radius 2 is 1.79 bits per heavy atom. The zero-order chi connectivity index (χ0) is 24.1. The molecule has 0 radical (unpaired) electrons. The van der Waals surface area contributed by atoms with Crippen LogP contribution in [0.25, 0.3) is 0 Å². The first-order valence-electron chi connectivity index (χ1n) is 10.8. The third kappa shape index (κ3) is 5.29. The number of anilines is 4. The fourth-order valence-corrected chi connectivity index (χ4v) is 3.59. The fourth-order valence-electron chi connectivity index (χ4n) is 3.59. The molecule has 4 amide bonds. The van der Waals surface area contributed by atoms with E-state index in [1.54, 1.807) is 78.6 Å². The summed E-state index contributed by atoms with van der Waals surface area (Å²) in [4.78, 5) is 50.9. The van der Waals surface area contributed by atoms with Crippen LogP contribution in [-0.4, -0.2) is 40.0 Å². The van der Waals surface area contributed by atoms with Gasteiger partial charge in [0.1, 0.15) is 12.6 Å². The lowest BCUT2D eigenvalue weighted by molar-refractivity contribution is -0.124. The van der Waals surface area contributed by atoms with Crippen molar-refractivity contribution < 1.29 is 19.2 Å². The number of hydrogen-bond acceptors (Lipinski definition) is 5. The van der Waals surface area contributed by atoms with Crippen molar-refractivity contribution in [3.8, 4) is 0 Å². The number of amides is 4. The van der Waals surface area contributed by atoms with E-state index in [0.717, 1.165) is 0 Å². The smallest absolute Gasteiger partial charge is 0.248 e. The Hall–Kier alpha value is -4.47. The number of benzene rings is 2. The molecule has 10 nitrogen and oxygen atoms in total. The second-order valence-corrected chi connectivity index (χ2v) is 7.83. The molecule has 0 saturated heterocycles. The van der Waals surface area contributed by atoms with Crippen molar-refractivity contribution >= 4 is 46.4 Å². The third-order valence-corrected chi connectivity index (χ3v) is 5.35. The molecule has 34 heavy (non-hydrogen) atoms. The quantitative estimate of drug-likeness (QED) is 0.500. The molecule has 0 saturated carbocycles. The Morgan fingerprint density at radius 1 is 1.03 bits per heavy atom. The zero-order valence-corrected chi connectivity index (χ0v) is 18.5. The second-order valence-electron chi connectivity index (χ2n) is 7.83. The molecule has 4 rings (SSSR count). The van der Waals surface area contributed by atoms with Crippen LogP contribution in [0.15, 0.2) is 67.0 Å². The van der Waals surface area contributed by atoms with Gasteiger partial charge in [-0.3, -0.25) is 23.9 Å². The lowest BCUT2D eigenvalue weighted by Crippen LogP contribution is -2.42. The topological polar surface area (TPSA) is 125 Å². The van der Waals surface area contributed by atoms with E-state index < -0.39 is 6.04 Å². The molecule has 2 heterocycles. The minimum absolute atomic E-state index is 0.0496. The average molecular weight is 460 g/mol. The van der Waals surface area contributed by atoms with Gasteiger partial charge in [-0.05, 0) is 43.3 Å². The summed E-state index contributed by atoms with van der Waals surface area (Å²) >= 11 is 0. The molecule has 1 unspecified atom stereocenters. The van der Waals surface area contributed by atoms with Crippen molar-refractivity contribution in [2.75, 3.05) is 27.4 Å². The lowest BCUT2D eigenvalue weighted by atomic mass is 10.1. The third-order valence-electron chi connectivity index (χ3n) is 5.35. The highest BCUT2D eigenvalue weighted by Gasteiger charge is 2.26. The summed E-state index contributed by atoms with van der Waals surface area (Å²) in [7, 11) is 0. The van der Waals surface area contributed by atoms with Crippen molar-refractivity contribution in [1.82, 2.24) is 9.78 Å². The first-order chi connectivity index (χ1) is 16.4. The molecule has 1 atom stereocenters. The summed E-state index contributed by atoms with van der Waals surface area (Å²) < 4.78 is 1.54.